The molecule has 4 heteroatoms. The van der Waals surface area contributed by atoms with Crippen molar-refractivity contribution in [2.24, 2.45) is 5.92 Å². The maximum absolute atomic E-state index is 11.6. The molecule has 2 rings (SSSR count). The Hall–Kier alpha value is -1.71. The quantitative estimate of drug-likeness (QED) is 0.633. The van der Waals surface area contributed by atoms with E-state index in [1.54, 1.807) is 25.1 Å². The van der Waals surface area contributed by atoms with Crippen molar-refractivity contribution >= 4 is 11.7 Å². The highest BCUT2D eigenvalue weighted by Crippen LogP contribution is 2.30. The lowest BCUT2D eigenvalue weighted by molar-refractivity contribution is 0.0526. The van der Waals surface area contributed by atoms with E-state index < -0.39 is 0 Å². The first-order chi connectivity index (χ1) is 9.20. The van der Waals surface area contributed by atoms with Crippen LogP contribution >= 0.6 is 0 Å². The zero-order valence-corrected chi connectivity index (χ0v) is 11.4. The molecule has 4 nitrogen and oxygen atoms in total. The van der Waals surface area contributed by atoms with E-state index in [1.807, 2.05) is 0 Å². The monoisotopic (exact) mass is 263 g/mol. The molecule has 0 aliphatic heterocycles. The van der Waals surface area contributed by atoms with E-state index in [2.05, 4.69) is 0 Å². The maximum atomic E-state index is 11.6. The van der Waals surface area contributed by atoms with E-state index in [1.165, 1.54) is 19.3 Å². The maximum Gasteiger partial charge on any atom is 0.338 e. The van der Waals surface area contributed by atoms with E-state index in [9.17, 15) is 4.79 Å². The summed E-state index contributed by atoms with van der Waals surface area (Å²) < 4.78 is 10.6. The first-order valence-corrected chi connectivity index (χ1v) is 6.90. The zero-order valence-electron chi connectivity index (χ0n) is 11.4. The number of hydrogen-bond donors (Lipinski definition) is 1. The normalized spacial score (nSPS) is 14.8. The summed E-state index contributed by atoms with van der Waals surface area (Å²) in [6, 6.07) is 5.01. The molecule has 1 aliphatic rings. The summed E-state index contributed by atoms with van der Waals surface area (Å²) in [5.41, 5.74) is 6.89. The van der Waals surface area contributed by atoms with Gasteiger partial charge in [-0.25, -0.2) is 4.79 Å². The van der Waals surface area contributed by atoms with E-state index in [-0.39, 0.29) is 5.97 Å². The van der Waals surface area contributed by atoms with Crippen LogP contribution in [-0.4, -0.2) is 19.2 Å². The lowest BCUT2D eigenvalue weighted by atomic mass is 9.83. The van der Waals surface area contributed by atoms with Crippen molar-refractivity contribution < 1.29 is 14.3 Å². The third-order valence-electron chi connectivity index (χ3n) is 3.53. The third kappa shape index (κ3) is 3.63. The number of carbonyl (C=O) groups excluding carboxylic acids is 1. The molecule has 0 unspecified atom stereocenters. The molecule has 2 N–H and O–H groups in total. The summed E-state index contributed by atoms with van der Waals surface area (Å²) in [4.78, 5) is 11.6. The van der Waals surface area contributed by atoms with Gasteiger partial charge in [-0.2, -0.15) is 0 Å². The lowest BCUT2D eigenvalue weighted by Gasteiger charge is -2.25. The molecule has 0 radical (unpaired) electrons. The molecule has 1 aliphatic carbocycles. The number of carbonyl (C=O) groups is 1. The zero-order chi connectivity index (χ0) is 13.7. The van der Waals surface area contributed by atoms with Gasteiger partial charge >= 0.3 is 5.97 Å². The number of ether oxygens (including phenoxy) is 2. The molecule has 1 fully saturated rings. The highest BCUT2D eigenvalue weighted by Gasteiger charge is 2.17. The summed E-state index contributed by atoms with van der Waals surface area (Å²) >= 11 is 0. The summed E-state index contributed by atoms with van der Waals surface area (Å²) in [5.74, 6) is 1.03. The second kappa shape index (κ2) is 6.45. The molecule has 0 bridgehead atoms. The Morgan fingerprint density at radius 3 is 2.84 bits per heavy atom. The van der Waals surface area contributed by atoms with Crippen LogP contribution in [0.4, 0.5) is 5.69 Å². The van der Waals surface area contributed by atoms with E-state index >= 15 is 0 Å². The number of esters is 1. The Morgan fingerprint density at radius 1 is 1.42 bits per heavy atom. The van der Waals surface area contributed by atoms with Crippen LogP contribution in [0.1, 0.15) is 43.0 Å². The number of anilines is 1. The van der Waals surface area contributed by atoms with Crippen molar-refractivity contribution in [1.29, 1.82) is 0 Å². The van der Waals surface area contributed by atoms with Gasteiger partial charge < -0.3 is 15.2 Å². The van der Waals surface area contributed by atoms with Crippen LogP contribution in [0, 0.1) is 5.92 Å². The van der Waals surface area contributed by atoms with Gasteiger partial charge in [0, 0.05) is 0 Å². The van der Waals surface area contributed by atoms with Crippen LogP contribution in [0.15, 0.2) is 18.2 Å². The molecule has 1 aromatic rings. The molecule has 0 aromatic heterocycles. The Bertz CT molecular complexity index is 441. The van der Waals surface area contributed by atoms with Crippen LogP contribution in [0.3, 0.4) is 0 Å². The fourth-order valence-corrected chi connectivity index (χ4v) is 2.12. The van der Waals surface area contributed by atoms with Gasteiger partial charge in [-0.3, -0.25) is 0 Å². The Kier molecular flexibility index (Phi) is 4.66. The lowest BCUT2D eigenvalue weighted by Crippen LogP contribution is -2.15. The van der Waals surface area contributed by atoms with Gasteiger partial charge in [-0.05, 0) is 37.5 Å². The topological polar surface area (TPSA) is 61.5 Å². The average Bonchev–Trinajstić information content (AvgIpc) is 2.34. The van der Waals surface area contributed by atoms with Gasteiger partial charge in [-0.15, -0.1) is 0 Å². The van der Waals surface area contributed by atoms with Gasteiger partial charge in [0.05, 0.1) is 24.5 Å². The second-order valence-corrected chi connectivity index (χ2v) is 4.91. The van der Waals surface area contributed by atoms with Crippen molar-refractivity contribution in [2.75, 3.05) is 18.9 Å². The fraction of sp³-hybridized carbons (Fsp3) is 0.533. The molecule has 19 heavy (non-hydrogen) atoms. The molecule has 1 saturated carbocycles. The number of nitrogens with two attached hydrogens (primary N) is 1. The molecule has 0 heterocycles. The van der Waals surface area contributed by atoms with Crippen LogP contribution in [0.2, 0.25) is 0 Å². The Labute approximate surface area is 113 Å². The fourth-order valence-electron chi connectivity index (χ4n) is 2.12. The first-order valence-electron chi connectivity index (χ1n) is 6.90. The van der Waals surface area contributed by atoms with Gasteiger partial charge in [0.15, 0.2) is 0 Å². The third-order valence-corrected chi connectivity index (χ3v) is 3.53. The van der Waals surface area contributed by atoms with E-state index in [0.717, 1.165) is 12.3 Å². The Morgan fingerprint density at radius 2 is 2.21 bits per heavy atom. The van der Waals surface area contributed by atoms with Crippen LogP contribution < -0.4 is 10.5 Å². The van der Waals surface area contributed by atoms with Gasteiger partial charge in [-0.1, -0.05) is 19.3 Å². The number of rotatable bonds is 6. The summed E-state index contributed by atoms with van der Waals surface area (Å²) in [5, 5.41) is 0. The van der Waals surface area contributed by atoms with E-state index in [4.69, 9.17) is 15.2 Å². The molecule has 0 atom stereocenters. The van der Waals surface area contributed by atoms with Crippen molar-refractivity contribution in [2.45, 2.75) is 32.6 Å². The second-order valence-electron chi connectivity index (χ2n) is 4.91. The van der Waals surface area contributed by atoms with Crippen molar-refractivity contribution in [3.05, 3.63) is 23.8 Å². The Balaban J connectivity index is 1.93. The average molecular weight is 263 g/mol. The van der Waals surface area contributed by atoms with Crippen molar-refractivity contribution in [3.63, 3.8) is 0 Å². The van der Waals surface area contributed by atoms with Crippen LogP contribution in [-0.2, 0) is 4.74 Å². The minimum atomic E-state index is -0.341. The SMILES string of the molecule is CCOC(=O)c1ccc(N)c(OCCC2CCC2)c1. The highest BCUT2D eigenvalue weighted by molar-refractivity contribution is 5.90. The molecular formula is C15H21NO3. The predicted molar refractivity (Wildman–Crippen MR) is 74.3 cm³/mol. The molecule has 0 amide bonds. The summed E-state index contributed by atoms with van der Waals surface area (Å²) in [6.45, 7) is 2.80. The minimum absolute atomic E-state index is 0.341. The smallest absolute Gasteiger partial charge is 0.338 e. The largest absolute Gasteiger partial charge is 0.491 e. The first kappa shape index (κ1) is 13.7. The van der Waals surface area contributed by atoms with Gasteiger partial charge in [0.2, 0.25) is 0 Å². The number of nitrogen functional groups attached to an aromatic ring is 1. The molecular weight excluding hydrogens is 242 g/mol. The number of benzene rings is 1. The van der Waals surface area contributed by atoms with Gasteiger partial charge in [0.25, 0.3) is 0 Å². The summed E-state index contributed by atoms with van der Waals surface area (Å²) in [6.07, 6.45) is 5.01. The van der Waals surface area contributed by atoms with Crippen molar-refractivity contribution in [1.82, 2.24) is 0 Å². The van der Waals surface area contributed by atoms with Crippen molar-refractivity contribution in [3.8, 4) is 5.75 Å². The molecule has 0 saturated heterocycles. The van der Waals surface area contributed by atoms with Crippen LogP contribution in [0.5, 0.6) is 5.75 Å². The molecule has 104 valence electrons. The molecule has 1 aromatic carbocycles. The van der Waals surface area contributed by atoms with E-state index in [0.29, 0.717) is 30.2 Å². The summed E-state index contributed by atoms with van der Waals surface area (Å²) in [7, 11) is 0. The number of hydrogen-bond acceptors (Lipinski definition) is 4. The minimum Gasteiger partial charge on any atom is -0.491 e. The standard InChI is InChI=1S/C15H21NO3/c1-2-18-15(17)12-6-7-13(16)14(10-12)19-9-8-11-4-3-5-11/h6-7,10-11H,2-5,8-9,16H2,1H3. The molecule has 0 spiro atoms. The van der Waals surface area contributed by atoms with Crippen LogP contribution in [0.25, 0.3) is 0 Å². The highest BCUT2D eigenvalue weighted by atomic mass is 16.5. The van der Waals surface area contributed by atoms with Gasteiger partial charge in [0.1, 0.15) is 5.75 Å². The predicted octanol–water partition coefficient (Wildman–Crippen LogP) is 3.01.